The van der Waals surface area contributed by atoms with Crippen LogP contribution in [-0.4, -0.2) is 85.5 Å². The Morgan fingerprint density at radius 2 is 1.89 bits per heavy atom. The number of carbonyl (C=O) groups is 2. The third kappa shape index (κ3) is 4.91. The lowest BCUT2D eigenvalue weighted by Gasteiger charge is -2.37. The van der Waals surface area contributed by atoms with Crippen LogP contribution in [0.4, 0.5) is 0 Å². The molecule has 2 fully saturated rings. The minimum absolute atomic E-state index is 0.0672. The van der Waals surface area contributed by atoms with Gasteiger partial charge in [0.25, 0.3) is 0 Å². The number of likely N-dealkylation sites (tertiary alicyclic amines) is 1. The normalized spacial score (nSPS) is 19.3. The van der Waals surface area contributed by atoms with Crippen LogP contribution >= 0.6 is 0 Å². The van der Waals surface area contributed by atoms with Gasteiger partial charge in [0.05, 0.1) is 7.11 Å². The Hall–Kier alpha value is -2.28. The van der Waals surface area contributed by atoms with Gasteiger partial charge in [0.2, 0.25) is 11.8 Å². The molecule has 0 saturated carbocycles. The van der Waals surface area contributed by atoms with Gasteiger partial charge in [0, 0.05) is 51.8 Å². The summed E-state index contributed by atoms with van der Waals surface area (Å²) < 4.78 is 11.0. The summed E-state index contributed by atoms with van der Waals surface area (Å²) in [5.74, 6) is 1.75. The van der Waals surface area contributed by atoms with Crippen molar-refractivity contribution in [3.8, 4) is 11.5 Å². The zero-order valence-electron chi connectivity index (χ0n) is 16.2. The number of nitrogens with zero attached hydrogens (tertiary/aromatic N) is 3. The monoisotopic (exact) mass is 375 g/mol. The molecule has 7 nitrogen and oxygen atoms in total. The lowest BCUT2D eigenvalue weighted by Crippen LogP contribution is -2.54. The van der Waals surface area contributed by atoms with Gasteiger partial charge in [-0.3, -0.25) is 14.5 Å². The summed E-state index contributed by atoms with van der Waals surface area (Å²) in [6.45, 7) is 7.02. The average molecular weight is 375 g/mol. The zero-order chi connectivity index (χ0) is 19.2. The van der Waals surface area contributed by atoms with E-state index in [0.29, 0.717) is 32.7 Å². The van der Waals surface area contributed by atoms with E-state index in [1.54, 1.807) is 12.0 Å². The van der Waals surface area contributed by atoms with Crippen molar-refractivity contribution in [3.05, 3.63) is 24.3 Å². The molecule has 0 spiro atoms. The van der Waals surface area contributed by atoms with E-state index in [1.807, 2.05) is 36.1 Å². The molecule has 1 aromatic rings. The summed E-state index contributed by atoms with van der Waals surface area (Å²) in [6.07, 6.45) is 1.43. The van der Waals surface area contributed by atoms with Crippen molar-refractivity contribution in [1.29, 1.82) is 0 Å². The third-order valence-electron chi connectivity index (χ3n) is 5.34. The van der Waals surface area contributed by atoms with Crippen LogP contribution in [0.25, 0.3) is 0 Å². The van der Waals surface area contributed by atoms with Gasteiger partial charge in [-0.2, -0.15) is 0 Å². The molecule has 0 bridgehead atoms. The lowest BCUT2D eigenvalue weighted by molar-refractivity contribution is -0.144. The van der Waals surface area contributed by atoms with Crippen LogP contribution in [-0.2, 0) is 9.59 Å². The molecular formula is C20H29N3O4. The smallest absolute Gasteiger partial charge is 0.245 e. The first-order valence-corrected chi connectivity index (χ1v) is 9.66. The molecule has 3 rings (SSSR count). The second-order valence-electron chi connectivity index (χ2n) is 7.06. The number of carbonyl (C=O) groups excluding carboxylic acids is 2. The van der Waals surface area contributed by atoms with E-state index in [4.69, 9.17) is 9.47 Å². The fourth-order valence-corrected chi connectivity index (χ4v) is 3.65. The highest BCUT2D eigenvalue weighted by Crippen LogP contribution is 2.19. The Morgan fingerprint density at radius 1 is 1.15 bits per heavy atom. The highest BCUT2D eigenvalue weighted by Gasteiger charge is 2.33. The predicted molar refractivity (Wildman–Crippen MR) is 102 cm³/mol. The number of methoxy groups -OCH3 is 1. The van der Waals surface area contributed by atoms with Gasteiger partial charge >= 0.3 is 0 Å². The van der Waals surface area contributed by atoms with E-state index >= 15 is 0 Å². The number of ether oxygens (including phenoxy) is 2. The number of hydrogen-bond donors (Lipinski definition) is 0. The van der Waals surface area contributed by atoms with Crippen LogP contribution < -0.4 is 9.47 Å². The van der Waals surface area contributed by atoms with E-state index in [-0.39, 0.29) is 17.9 Å². The maximum absolute atomic E-state index is 12.7. The number of amides is 2. The van der Waals surface area contributed by atoms with Crippen LogP contribution in [0.3, 0.4) is 0 Å². The quantitative estimate of drug-likeness (QED) is 0.717. The first-order valence-electron chi connectivity index (χ1n) is 9.66. The molecule has 1 atom stereocenters. The van der Waals surface area contributed by atoms with Crippen LogP contribution in [0.15, 0.2) is 24.3 Å². The van der Waals surface area contributed by atoms with Gasteiger partial charge in [-0.15, -0.1) is 0 Å². The molecule has 1 unspecified atom stereocenters. The molecule has 27 heavy (non-hydrogen) atoms. The van der Waals surface area contributed by atoms with Crippen molar-refractivity contribution >= 4 is 11.8 Å². The molecule has 148 valence electrons. The van der Waals surface area contributed by atoms with Crippen molar-refractivity contribution in [2.45, 2.75) is 25.8 Å². The summed E-state index contributed by atoms with van der Waals surface area (Å²) >= 11 is 0. The fourth-order valence-electron chi connectivity index (χ4n) is 3.65. The van der Waals surface area contributed by atoms with E-state index in [0.717, 1.165) is 37.6 Å². The van der Waals surface area contributed by atoms with E-state index in [1.165, 1.54) is 0 Å². The largest absolute Gasteiger partial charge is 0.497 e. The Balaban J connectivity index is 1.39. The van der Waals surface area contributed by atoms with Crippen molar-refractivity contribution in [1.82, 2.24) is 14.7 Å². The molecule has 1 aromatic carbocycles. The lowest BCUT2D eigenvalue weighted by atomic mass is 10.2. The molecule has 7 heteroatoms. The summed E-state index contributed by atoms with van der Waals surface area (Å²) in [5.41, 5.74) is 0. The topological polar surface area (TPSA) is 62.3 Å². The minimum Gasteiger partial charge on any atom is -0.497 e. The van der Waals surface area contributed by atoms with E-state index in [2.05, 4.69) is 4.90 Å². The van der Waals surface area contributed by atoms with Gasteiger partial charge < -0.3 is 19.3 Å². The van der Waals surface area contributed by atoms with Gasteiger partial charge in [0.1, 0.15) is 24.1 Å². The molecule has 0 aliphatic carbocycles. The second kappa shape index (κ2) is 9.08. The number of benzene rings is 1. The second-order valence-corrected chi connectivity index (χ2v) is 7.06. The SMILES string of the molecule is COc1cccc(OCCN2CCN(C(=O)C(C)N3CCCC3=O)CC2)c1. The Kier molecular flexibility index (Phi) is 6.55. The fraction of sp³-hybridized carbons (Fsp3) is 0.600. The molecule has 2 aliphatic rings. The Bertz CT molecular complexity index is 658. The molecule has 2 aliphatic heterocycles. The summed E-state index contributed by atoms with van der Waals surface area (Å²) in [5, 5.41) is 0. The van der Waals surface area contributed by atoms with Gasteiger partial charge in [-0.1, -0.05) is 6.07 Å². The predicted octanol–water partition coefficient (Wildman–Crippen LogP) is 1.23. The van der Waals surface area contributed by atoms with Crippen LogP contribution in [0, 0.1) is 0 Å². The molecule has 0 radical (unpaired) electrons. The molecule has 0 N–H and O–H groups in total. The van der Waals surface area contributed by atoms with Crippen molar-refractivity contribution in [2.75, 3.05) is 53.0 Å². The number of hydrogen-bond acceptors (Lipinski definition) is 5. The first kappa shape index (κ1) is 19.5. The Morgan fingerprint density at radius 3 is 2.56 bits per heavy atom. The minimum atomic E-state index is -0.344. The van der Waals surface area contributed by atoms with Crippen molar-refractivity contribution < 1.29 is 19.1 Å². The molecule has 2 heterocycles. The van der Waals surface area contributed by atoms with E-state index < -0.39 is 0 Å². The zero-order valence-corrected chi connectivity index (χ0v) is 16.2. The first-order chi connectivity index (χ1) is 13.1. The Labute approximate surface area is 160 Å². The summed E-state index contributed by atoms with van der Waals surface area (Å²) in [7, 11) is 1.64. The van der Waals surface area contributed by atoms with Gasteiger partial charge in [-0.25, -0.2) is 0 Å². The highest BCUT2D eigenvalue weighted by molar-refractivity contribution is 5.88. The third-order valence-corrected chi connectivity index (χ3v) is 5.34. The van der Waals surface area contributed by atoms with Crippen LogP contribution in [0.2, 0.25) is 0 Å². The molecular weight excluding hydrogens is 346 g/mol. The highest BCUT2D eigenvalue weighted by atomic mass is 16.5. The summed E-state index contributed by atoms with van der Waals surface area (Å²) in [6, 6.07) is 7.24. The maximum atomic E-state index is 12.7. The number of rotatable bonds is 7. The molecule has 2 saturated heterocycles. The number of piperazine rings is 1. The van der Waals surface area contributed by atoms with Crippen LogP contribution in [0.5, 0.6) is 11.5 Å². The van der Waals surface area contributed by atoms with E-state index in [9.17, 15) is 9.59 Å². The molecule has 0 aromatic heterocycles. The standard InChI is InChI=1S/C20H29N3O4/c1-16(23-8-4-7-19(23)24)20(25)22-11-9-21(10-12-22)13-14-27-18-6-3-5-17(15-18)26-2/h3,5-6,15-16H,4,7-14H2,1-2H3. The van der Waals surface area contributed by atoms with Crippen LogP contribution in [0.1, 0.15) is 19.8 Å². The van der Waals surface area contributed by atoms with Gasteiger partial charge in [-0.05, 0) is 25.5 Å². The average Bonchev–Trinajstić information content (AvgIpc) is 3.13. The van der Waals surface area contributed by atoms with Gasteiger partial charge in [0.15, 0.2) is 0 Å². The maximum Gasteiger partial charge on any atom is 0.245 e. The van der Waals surface area contributed by atoms with Crippen molar-refractivity contribution in [2.24, 2.45) is 0 Å². The van der Waals surface area contributed by atoms with Crippen molar-refractivity contribution in [3.63, 3.8) is 0 Å². The molecule has 2 amide bonds. The summed E-state index contributed by atoms with van der Waals surface area (Å²) in [4.78, 5) is 30.4.